The van der Waals surface area contributed by atoms with Crippen LogP contribution in [-0.4, -0.2) is 34.9 Å². The lowest BCUT2D eigenvalue weighted by molar-refractivity contribution is -0.139. The minimum absolute atomic E-state index is 0.0453. The molecule has 0 spiro atoms. The summed E-state index contributed by atoms with van der Waals surface area (Å²) >= 11 is 0. The summed E-state index contributed by atoms with van der Waals surface area (Å²) in [5.74, 6) is -1.42. The van der Waals surface area contributed by atoms with Crippen molar-refractivity contribution in [1.82, 2.24) is 5.48 Å². The summed E-state index contributed by atoms with van der Waals surface area (Å²) < 4.78 is 0. The van der Waals surface area contributed by atoms with Gasteiger partial charge in [-0.2, -0.15) is 0 Å². The van der Waals surface area contributed by atoms with Gasteiger partial charge in [0.25, 0.3) is 5.96 Å². The maximum atomic E-state index is 10.2. The van der Waals surface area contributed by atoms with Gasteiger partial charge in [0, 0.05) is 0 Å². The predicted octanol–water partition coefficient (Wildman–Crippen LogP) is -1.99. The Morgan fingerprint density at radius 2 is 2.31 bits per heavy atom. The number of rotatable bonds is 5. The van der Waals surface area contributed by atoms with E-state index in [2.05, 4.69) is 15.5 Å². The summed E-state index contributed by atoms with van der Waals surface area (Å²) in [6.45, 7) is 0.0453. The quantitative estimate of drug-likeness (QED) is 0.111. The molecule has 0 bridgehead atoms. The maximum Gasteiger partial charge on any atom is 0.320 e. The lowest BCUT2D eigenvalue weighted by atomic mass is 10.2. The summed E-state index contributed by atoms with van der Waals surface area (Å²) in [5.41, 5.74) is 12.2. The van der Waals surface area contributed by atoms with Crippen molar-refractivity contribution in [3.05, 3.63) is 0 Å². The van der Waals surface area contributed by atoms with Gasteiger partial charge in [0.15, 0.2) is 0 Å². The van der Waals surface area contributed by atoms with E-state index in [4.69, 9.17) is 21.8 Å². The van der Waals surface area contributed by atoms with E-state index >= 15 is 0 Å². The average molecular weight is 192 g/mol. The van der Waals surface area contributed by atoms with Crippen LogP contribution in [0.5, 0.6) is 0 Å². The Kier molecular flexibility index (Phi) is 5.32. The van der Waals surface area contributed by atoms with Crippen LogP contribution in [-0.2, 0) is 9.63 Å². The smallest absolute Gasteiger partial charge is 0.320 e. The van der Waals surface area contributed by atoms with Crippen LogP contribution < -0.4 is 16.9 Å². The van der Waals surface area contributed by atoms with Gasteiger partial charge in [0.2, 0.25) is 0 Å². The van der Waals surface area contributed by atoms with Crippen LogP contribution in [0, 0.1) is 0 Å². The topological polar surface area (TPSA) is 143 Å². The van der Waals surface area contributed by atoms with Crippen molar-refractivity contribution in [2.75, 3.05) is 6.61 Å². The zero-order chi connectivity index (χ0) is 10.3. The standard InChI is InChI=1S/C5H12N4O4/c6-3(4(10)11)1-2-13-9-5(7)8-12/h3,12H,1-2,6H2,(H,10,11)(H3,7,8,9). The van der Waals surface area contributed by atoms with Gasteiger partial charge in [-0.25, -0.2) is 5.48 Å². The van der Waals surface area contributed by atoms with Crippen LogP contribution in [0.2, 0.25) is 0 Å². The molecular weight excluding hydrogens is 180 g/mol. The van der Waals surface area contributed by atoms with Crippen LogP contribution in [0.25, 0.3) is 0 Å². The zero-order valence-corrected chi connectivity index (χ0v) is 6.80. The van der Waals surface area contributed by atoms with Gasteiger partial charge in [0.05, 0.1) is 6.61 Å². The van der Waals surface area contributed by atoms with Crippen molar-refractivity contribution in [2.45, 2.75) is 12.5 Å². The molecule has 0 fully saturated rings. The van der Waals surface area contributed by atoms with Crippen molar-refractivity contribution in [3.63, 3.8) is 0 Å². The SMILES string of the molecule is N/C(=N/O)NOCCC(N)C(=O)O. The molecule has 0 aromatic carbocycles. The number of nitrogens with two attached hydrogens (primary N) is 2. The van der Waals surface area contributed by atoms with Crippen LogP contribution in [0.15, 0.2) is 5.16 Å². The molecule has 0 rings (SSSR count). The number of carboxylic acid groups (broad SMARTS) is 1. The Morgan fingerprint density at radius 1 is 1.69 bits per heavy atom. The number of carbonyl (C=O) groups is 1. The third-order valence-electron chi connectivity index (χ3n) is 1.13. The van der Waals surface area contributed by atoms with Gasteiger partial charge in [-0.15, -0.1) is 0 Å². The van der Waals surface area contributed by atoms with Gasteiger partial charge >= 0.3 is 5.97 Å². The molecule has 0 amide bonds. The van der Waals surface area contributed by atoms with Crippen LogP contribution >= 0.6 is 0 Å². The van der Waals surface area contributed by atoms with Gasteiger partial charge in [0.1, 0.15) is 6.04 Å². The van der Waals surface area contributed by atoms with Crippen molar-refractivity contribution in [1.29, 1.82) is 0 Å². The summed E-state index contributed by atoms with van der Waals surface area (Å²) in [6, 6.07) is -0.978. The minimum atomic E-state index is -1.10. The number of hydroxylamine groups is 1. The third kappa shape index (κ3) is 5.70. The molecule has 76 valence electrons. The highest BCUT2D eigenvalue weighted by atomic mass is 16.6. The molecular formula is C5H12N4O4. The Hall–Kier alpha value is -1.54. The molecule has 0 saturated heterocycles. The van der Waals surface area contributed by atoms with E-state index in [-0.39, 0.29) is 19.0 Å². The Bertz CT molecular complexity index is 195. The highest BCUT2D eigenvalue weighted by Crippen LogP contribution is 1.87. The third-order valence-corrected chi connectivity index (χ3v) is 1.13. The Morgan fingerprint density at radius 3 is 2.77 bits per heavy atom. The van der Waals surface area contributed by atoms with E-state index in [0.29, 0.717) is 0 Å². The summed E-state index contributed by atoms with van der Waals surface area (Å²) in [7, 11) is 0. The Balaban J connectivity index is 3.41. The highest BCUT2D eigenvalue weighted by molar-refractivity contribution is 5.75. The van der Waals surface area contributed by atoms with Crippen LogP contribution in [0.4, 0.5) is 0 Å². The van der Waals surface area contributed by atoms with Crippen molar-refractivity contribution in [2.24, 2.45) is 16.6 Å². The molecule has 8 nitrogen and oxygen atoms in total. The molecule has 0 radical (unpaired) electrons. The largest absolute Gasteiger partial charge is 0.480 e. The first kappa shape index (κ1) is 11.5. The number of hydrogen-bond donors (Lipinski definition) is 5. The molecule has 0 saturated carbocycles. The maximum absolute atomic E-state index is 10.2. The van der Waals surface area contributed by atoms with Crippen molar-refractivity contribution in [3.8, 4) is 0 Å². The molecule has 0 aromatic heterocycles. The number of carboxylic acids is 1. The van der Waals surface area contributed by atoms with E-state index < -0.39 is 12.0 Å². The number of oxime groups is 1. The normalized spacial score (nSPS) is 13.8. The van der Waals surface area contributed by atoms with Gasteiger partial charge in [-0.05, 0) is 11.6 Å². The number of hydrogen-bond acceptors (Lipinski definition) is 5. The van der Waals surface area contributed by atoms with Crippen LogP contribution in [0.3, 0.4) is 0 Å². The van der Waals surface area contributed by atoms with E-state index in [9.17, 15) is 4.79 Å². The van der Waals surface area contributed by atoms with E-state index in [1.54, 1.807) is 0 Å². The molecule has 1 unspecified atom stereocenters. The fourth-order valence-electron chi connectivity index (χ4n) is 0.455. The number of guanidine groups is 1. The van der Waals surface area contributed by atoms with Crippen LogP contribution in [0.1, 0.15) is 6.42 Å². The molecule has 0 aliphatic rings. The fraction of sp³-hybridized carbons (Fsp3) is 0.600. The molecule has 0 aromatic rings. The summed E-state index contributed by atoms with van der Waals surface area (Å²) in [5, 5.41) is 18.9. The molecule has 0 aliphatic carbocycles. The predicted molar refractivity (Wildman–Crippen MR) is 42.7 cm³/mol. The van der Waals surface area contributed by atoms with Gasteiger partial charge in [-0.3, -0.25) is 9.63 Å². The van der Waals surface area contributed by atoms with Gasteiger partial charge in [-0.1, -0.05) is 0 Å². The fourth-order valence-corrected chi connectivity index (χ4v) is 0.455. The van der Waals surface area contributed by atoms with E-state index in [0.717, 1.165) is 0 Å². The number of aliphatic carboxylic acids is 1. The molecule has 8 heteroatoms. The molecule has 7 N–H and O–H groups in total. The minimum Gasteiger partial charge on any atom is -0.480 e. The van der Waals surface area contributed by atoms with Crippen molar-refractivity contribution < 1.29 is 19.9 Å². The monoisotopic (exact) mass is 192 g/mol. The van der Waals surface area contributed by atoms with Crippen molar-refractivity contribution >= 4 is 11.9 Å². The second-order valence-corrected chi connectivity index (χ2v) is 2.17. The lowest BCUT2D eigenvalue weighted by Gasteiger charge is -2.06. The first-order chi connectivity index (χ1) is 6.07. The van der Waals surface area contributed by atoms with Gasteiger partial charge < -0.3 is 21.8 Å². The highest BCUT2D eigenvalue weighted by Gasteiger charge is 2.10. The second-order valence-electron chi connectivity index (χ2n) is 2.17. The summed E-state index contributed by atoms with van der Waals surface area (Å²) in [6.07, 6.45) is 0.126. The summed E-state index contributed by atoms with van der Waals surface area (Å²) in [4.78, 5) is 14.8. The van der Waals surface area contributed by atoms with E-state index in [1.165, 1.54) is 0 Å². The first-order valence-electron chi connectivity index (χ1n) is 3.41. The second kappa shape index (κ2) is 6.03. The van der Waals surface area contributed by atoms with E-state index in [1.807, 2.05) is 0 Å². The molecule has 0 heterocycles. The zero-order valence-electron chi connectivity index (χ0n) is 6.80. The molecule has 0 aliphatic heterocycles. The lowest BCUT2D eigenvalue weighted by Crippen LogP contribution is -2.35. The molecule has 1 atom stereocenters. The molecule has 13 heavy (non-hydrogen) atoms. The first-order valence-corrected chi connectivity index (χ1v) is 3.41. The average Bonchev–Trinajstić information content (AvgIpc) is 2.11. The number of nitrogens with one attached hydrogen (secondary N) is 1. The Labute approximate surface area is 74.1 Å². The number of nitrogens with zero attached hydrogens (tertiary/aromatic N) is 1.